The first-order valence-electron chi connectivity index (χ1n) is 9.17. The summed E-state index contributed by atoms with van der Waals surface area (Å²) in [5.74, 6) is 0.0336. The van der Waals surface area contributed by atoms with Gasteiger partial charge in [0.25, 0.3) is 11.6 Å². The average molecular weight is 376 g/mol. The summed E-state index contributed by atoms with van der Waals surface area (Å²) in [6.45, 7) is 4.49. The summed E-state index contributed by atoms with van der Waals surface area (Å²) < 4.78 is 0. The van der Waals surface area contributed by atoms with Gasteiger partial charge in [0.05, 0.1) is 16.0 Å². The van der Waals surface area contributed by atoms with Crippen LogP contribution in [0.1, 0.15) is 15.9 Å². The molecule has 1 aromatic heterocycles. The van der Waals surface area contributed by atoms with Crippen LogP contribution in [0.25, 0.3) is 10.9 Å². The number of non-ortho nitro benzene ring substituents is 1. The highest BCUT2D eigenvalue weighted by Crippen LogP contribution is 2.32. The lowest BCUT2D eigenvalue weighted by atomic mass is 10.1. The molecule has 1 aliphatic heterocycles. The molecule has 4 rings (SSSR count). The van der Waals surface area contributed by atoms with Crippen molar-refractivity contribution in [3.8, 4) is 0 Å². The summed E-state index contributed by atoms with van der Waals surface area (Å²) in [6, 6.07) is 14.3. The number of fused-ring (bicyclic) bond motifs is 1. The van der Waals surface area contributed by atoms with E-state index in [0.717, 1.165) is 11.3 Å². The third-order valence-corrected chi connectivity index (χ3v) is 5.13. The Morgan fingerprint density at radius 2 is 1.75 bits per heavy atom. The summed E-state index contributed by atoms with van der Waals surface area (Å²) >= 11 is 0. The van der Waals surface area contributed by atoms with E-state index in [9.17, 15) is 14.9 Å². The quantitative estimate of drug-likeness (QED) is 0.517. The number of hydrogen-bond donors (Lipinski definition) is 0. The largest absolute Gasteiger partial charge is 0.366 e. The molecule has 28 heavy (non-hydrogen) atoms. The summed E-state index contributed by atoms with van der Waals surface area (Å²) in [5, 5.41) is 11.8. The monoisotopic (exact) mass is 376 g/mol. The molecule has 7 nitrogen and oxygen atoms in total. The lowest BCUT2D eigenvalue weighted by Crippen LogP contribution is -2.48. The highest BCUT2D eigenvalue weighted by Gasteiger charge is 2.25. The second-order valence-corrected chi connectivity index (χ2v) is 6.91. The number of aryl methyl sites for hydroxylation is 1. The minimum Gasteiger partial charge on any atom is -0.366 e. The van der Waals surface area contributed by atoms with E-state index in [2.05, 4.69) is 9.88 Å². The summed E-state index contributed by atoms with van der Waals surface area (Å²) in [4.78, 5) is 32.0. The van der Waals surface area contributed by atoms with Crippen molar-refractivity contribution in [1.82, 2.24) is 9.88 Å². The third-order valence-electron chi connectivity index (χ3n) is 5.13. The van der Waals surface area contributed by atoms with Gasteiger partial charge in [0.1, 0.15) is 5.52 Å². The number of nitro groups is 1. The zero-order valence-corrected chi connectivity index (χ0v) is 15.5. The molecular weight excluding hydrogens is 356 g/mol. The topological polar surface area (TPSA) is 79.6 Å². The van der Waals surface area contributed by atoms with E-state index >= 15 is 0 Å². The Labute approximate surface area is 162 Å². The fraction of sp³-hybridized carbons (Fsp3) is 0.238. The van der Waals surface area contributed by atoms with E-state index < -0.39 is 0 Å². The number of hydrogen-bond acceptors (Lipinski definition) is 5. The molecule has 0 saturated carbocycles. The van der Waals surface area contributed by atoms with E-state index in [-0.39, 0.29) is 16.5 Å². The van der Waals surface area contributed by atoms with E-state index in [1.54, 1.807) is 24.4 Å². The molecule has 1 fully saturated rings. The minimum atomic E-state index is -0.383. The number of carbonyl (C=O) groups excluding carboxylic acids is 1. The van der Waals surface area contributed by atoms with Crippen molar-refractivity contribution in [2.75, 3.05) is 31.1 Å². The molecule has 1 amide bonds. The molecule has 0 unspecified atom stereocenters. The number of rotatable bonds is 3. The molecule has 0 spiro atoms. The van der Waals surface area contributed by atoms with Crippen LogP contribution in [0, 0.1) is 17.0 Å². The molecule has 0 atom stereocenters. The van der Waals surface area contributed by atoms with Crippen LogP contribution >= 0.6 is 0 Å². The molecule has 1 aliphatic rings. The first-order chi connectivity index (χ1) is 13.5. The molecular formula is C21H20N4O3. The van der Waals surface area contributed by atoms with Gasteiger partial charge in [-0.05, 0) is 37.3 Å². The molecule has 3 aromatic rings. The van der Waals surface area contributed by atoms with Crippen molar-refractivity contribution in [3.05, 3.63) is 76.0 Å². The van der Waals surface area contributed by atoms with Crippen molar-refractivity contribution in [3.63, 3.8) is 0 Å². The van der Waals surface area contributed by atoms with Gasteiger partial charge >= 0.3 is 0 Å². The smallest absolute Gasteiger partial charge is 0.278 e. The molecule has 7 heteroatoms. The molecule has 0 N–H and O–H groups in total. The average Bonchev–Trinajstić information content (AvgIpc) is 2.73. The Morgan fingerprint density at radius 3 is 2.43 bits per heavy atom. The lowest BCUT2D eigenvalue weighted by Gasteiger charge is -2.36. The summed E-state index contributed by atoms with van der Waals surface area (Å²) in [6.07, 6.45) is 1.65. The van der Waals surface area contributed by atoms with Crippen LogP contribution in [-0.4, -0.2) is 46.9 Å². The number of aromatic nitrogens is 1. The number of pyridine rings is 1. The number of nitro benzene ring substituents is 1. The standard InChI is InChI=1S/C21H20N4O3/c1-15-4-6-16(7-5-15)21(26)24-13-11-23(12-14-24)19-9-8-18(25(27)28)17-3-2-10-22-20(17)19/h2-10H,11-14H2,1H3. The zero-order valence-electron chi connectivity index (χ0n) is 15.5. The number of amides is 1. The zero-order chi connectivity index (χ0) is 19.7. The van der Waals surface area contributed by atoms with Crippen LogP contribution in [0.2, 0.25) is 0 Å². The van der Waals surface area contributed by atoms with Crippen LogP contribution in [-0.2, 0) is 0 Å². The SMILES string of the molecule is Cc1ccc(C(=O)N2CCN(c3ccc([N+](=O)[O-])c4cccnc34)CC2)cc1. The second-order valence-electron chi connectivity index (χ2n) is 6.91. The highest BCUT2D eigenvalue weighted by molar-refractivity contribution is 5.97. The maximum Gasteiger partial charge on any atom is 0.278 e. The van der Waals surface area contributed by atoms with Crippen LogP contribution in [0.3, 0.4) is 0 Å². The summed E-state index contributed by atoms with van der Waals surface area (Å²) in [5.41, 5.74) is 3.36. The van der Waals surface area contributed by atoms with Gasteiger partial charge in [-0.1, -0.05) is 17.7 Å². The van der Waals surface area contributed by atoms with Gasteiger partial charge in [-0.15, -0.1) is 0 Å². The Bertz CT molecular complexity index is 1040. The van der Waals surface area contributed by atoms with E-state index in [1.165, 1.54) is 6.07 Å². The normalized spacial score (nSPS) is 14.3. The predicted octanol–water partition coefficient (Wildman–Crippen LogP) is 3.41. The summed E-state index contributed by atoms with van der Waals surface area (Å²) in [7, 11) is 0. The fourth-order valence-electron chi connectivity index (χ4n) is 3.59. The van der Waals surface area contributed by atoms with E-state index in [1.807, 2.05) is 36.1 Å². The van der Waals surface area contributed by atoms with Gasteiger partial charge < -0.3 is 9.80 Å². The Morgan fingerprint density at radius 1 is 1.04 bits per heavy atom. The maximum atomic E-state index is 12.7. The predicted molar refractivity (Wildman–Crippen MR) is 108 cm³/mol. The minimum absolute atomic E-state index is 0.0336. The van der Waals surface area contributed by atoms with Crippen LogP contribution < -0.4 is 4.90 Å². The molecule has 0 bridgehead atoms. The van der Waals surface area contributed by atoms with Gasteiger partial charge in [-0.3, -0.25) is 19.9 Å². The van der Waals surface area contributed by atoms with Crippen molar-refractivity contribution in [1.29, 1.82) is 0 Å². The first-order valence-corrected chi connectivity index (χ1v) is 9.17. The van der Waals surface area contributed by atoms with Crippen LogP contribution in [0.5, 0.6) is 0 Å². The van der Waals surface area contributed by atoms with Gasteiger partial charge in [0.2, 0.25) is 0 Å². The molecule has 0 aliphatic carbocycles. The number of anilines is 1. The Hall–Kier alpha value is -3.48. The van der Waals surface area contributed by atoms with Crippen molar-refractivity contribution in [2.24, 2.45) is 0 Å². The van der Waals surface area contributed by atoms with Gasteiger partial charge in [-0.25, -0.2) is 0 Å². The first kappa shape index (κ1) is 17.9. The molecule has 1 saturated heterocycles. The van der Waals surface area contributed by atoms with E-state index in [4.69, 9.17) is 0 Å². The van der Waals surface area contributed by atoms with Crippen LogP contribution in [0.4, 0.5) is 11.4 Å². The third kappa shape index (κ3) is 3.26. The highest BCUT2D eigenvalue weighted by atomic mass is 16.6. The van der Waals surface area contributed by atoms with Crippen molar-refractivity contribution < 1.29 is 9.72 Å². The molecule has 0 radical (unpaired) electrons. The van der Waals surface area contributed by atoms with Gasteiger partial charge in [0.15, 0.2) is 0 Å². The molecule has 2 aromatic carbocycles. The van der Waals surface area contributed by atoms with E-state index in [0.29, 0.717) is 42.6 Å². The van der Waals surface area contributed by atoms with Crippen LogP contribution in [0.15, 0.2) is 54.7 Å². The number of nitrogens with zero attached hydrogens (tertiary/aromatic N) is 4. The van der Waals surface area contributed by atoms with Crippen molar-refractivity contribution in [2.45, 2.75) is 6.92 Å². The fourth-order valence-corrected chi connectivity index (χ4v) is 3.59. The Kier molecular flexibility index (Phi) is 4.65. The Balaban J connectivity index is 1.54. The maximum absolute atomic E-state index is 12.7. The molecule has 142 valence electrons. The lowest BCUT2D eigenvalue weighted by molar-refractivity contribution is -0.383. The number of benzene rings is 2. The molecule has 2 heterocycles. The number of piperazine rings is 1. The van der Waals surface area contributed by atoms with Gasteiger partial charge in [-0.2, -0.15) is 0 Å². The number of carbonyl (C=O) groups is 1. The van der Waals surface area contributed by atoms with Gasteiger partial charge in [0, 0.05) is 44.0 Å². The van der Waals surface area contributed by atoms with Crippen molar-refractivity contribution >= 4 is 28.2 Å². The second kappa shape index (κ2) is 7.26.